The summed E-state index contributed by atoms with van der Waals surface area (Å²) in [5.41, 5.74) is -3.68. The molecule has 0 aliphatic carbocycles. The summed E-state index contributed by atoms with van der Waals surface area (Å²) in [6.45, 7) is 19.2. The second-order valence-corrected chi connectivity index (χ2v) is 13.3. The Morgan fingerprint density at radius 2 is 0.917 bits per heavy atom. The summed E-state index contributed by atoms with van der Waals surface area (Å²) in [6.07, 6.45) is -7.25. The lowest BCUT2D eigenvalue weighted by atomic mass is 9.93. The van der Waals surface area contributed by atoms with E-state index in [0.29, 0.717) is 0 Å². The second kappa shape index (κ2) is 11.0. The minimum absolute atomic E-state index is 0.404. The van der Waals surface area contributed by atoms with E-state index in [0.717, 1.165) is 0 Å². The van der Waals surface area contributed by atoms with Gasteiger partial charge >= 0.3 is 23.9 Å². The zero-order chi connectivity index (χ0) is 28.4. The van der Waals surface area contributed by atoms with Crippen molar-refractivity contribution in [2.45, 2.75) is 114 Å². The van der Waals surface area contributed by atoms with E-state index in [9.17, 15) is 24.3 Å². The molecule has 1 N–H and O–H groups in total. The molecule has 36 heavy (non-hydrogen) atoms. The molecule has 0 unspecified atom stereocenters. The molecule has 0 amide bonds. The van der Waals surface area contributed by atoms with Gasteiger partial charge in [0.25, 0.3) is 0 Å². The summed E-state index contributed by atoms with van der Waals surface area (Å²) in [7, 11) is 0. The molecule has 0 aromatic heterocycles. The number of ether oxygens (including phenoxy) is 5. The number of carbonyl (C=O) groups excluding carboxylic acids is 4. The number of esters is 4. The lowest BCUT2D eigenvalue weighted by molar-refractivity contribution is -0.300. The topological polar surface area (TPSA) is 135 Å². The smallest absolute Gasteiger partial charge is 0.311 e. The number of aliphatic hydroxyl groups excluding tert-OH is 1. The summed E-state index contributed by atoms with van der Waals surface area (Å²) in [5, 5.41) is 10.8. The van der Waals surface area contributed by atoms with Crippen molar-refractivity contribution in [1.29, 1.82) is 0 Å². The zero-order valence-corrected chi connectivity index (χ0v) is 23.7. The summed E-state index contributed by atoms with van der Waals surface area (Å²) in [4.78, 5) is 50.8. The predicted molar refractivity (Wildman–Crippen MR) is 129 cm³/mol. The van der Waals surface area contributed by atoms with E-state index in [-0.39, 0.29) is 0 Å². The Bertz CT molecular complexity index is 820. The first-order valence-electron chi connectivity index (χ1n) is 12.1. The first-order valence-corrected chi connectivity index (χ1v) is 12.1. The van der Waals surface area contributed by atoms with Crippen molar-refractivity contribution < 1.29 is 48.0 Å². The van der Waals surface area contributed by atoms with Crippen molar-refractivity contribution >= 4 is 23.9 Å². The second-order valence-electron chi connectivity index (χ2n) is 13.3. The van der Waals surface area contributed by atoms with Crippen LogP contribution < -0.4 is 0 Å². The molecule has 0 bridgehead atoms. The lowest BCUT2D eigenvalue weighted by Crippen LogP contribution is -2.63. The van der Waals surface area contributed by atoms with Crippen LogP contribution in [0.1, 0.15) is 83.1 Å². The van der Waals surface area contributed by atoms with Crippen molar-refractivity contribution in [1.82, 2.24) is 0 Å². The highest BCUT2D eigenvalue weighted by Crippen LogP contribution is 2.33. The van der Waals surface area contributed by atoms with Crippen LogP contribution in [0.3, 0.4) is 0 Å². The SMILES string of the molecule is CC(C)(C)C(=O)OC[C@@H]1O[C@H](O)[C@H](OC(=O)C(C)(C)C)[C@H](OC(=O)C(C)(C)C)[C@@H]1OC(=O)C(C)(C)C. The first kappa shape index (κ1) is 31.8. The van der Waals surface area contributed by atoms with Gasteiger partial charge in [-0.1, -0.05) is 0 Å². The molecular weight excluding hydrogens is 472 g/mol. The van der Waals surface area contributed by atoms with Crippen molar-refractivity contribution in [2.24, 2.45) is 21.7 Å². The zero-order valence-electron chi connectivity index (χ0n) is 23.7. The van der Waals surface area contributed by atoms with Gasteiger partial charge in [-0.15, -0.1) is 0 Å². The molecule has 1 fully saturated rings. The van der Waals surface area contributed by atoms with E-state index < -0.39 is 82.8 Å². The van der Waals surface area contributed by atoms with Crippen LogP contribution in [0.5, 0.6) is 0 Å². The molecule has 208 valence electrons. The quantitative estimate of drug-likeness (QED) is 0.429. The van der Waals surface area contributed by atoms with Crippen LogP contribution in [0.4, 0.5) is 0 Å². The van der Waals surface area contributed by atoms with E-state index >= 15 is 0 Å². The van der Waals surface area contributed by atoms with Gasteiger partial charge in [0.1, 0.15) is 12.7 Å². The fourth-order valence-electron chi connectivity index (χ4n) is 2.71. The van der Waals surface area contributed by atoms with Crippen LogP contribution in [0, 0.1) is 21.7 Å². The summed E-state index contributed by atoms with van der Waals surface area (Å²) in [5.74, 6) is -2.57. The van der Waals surface area contributed by atoms with Crippen LogP contribution >= 0.6 is 0 Å². The molecule has 1 aliphatic heterocycles. The highest BCUT2D eigenvalue weighted by atomic mass is 16.7. The van der Waals surface area contributed by atoms with Crippen molar-refractivity contribution in [3.8, 4) is 0 Å². The Labute approximate surface area is 214 Å². The third kappa shape index (κ3) is 8.73. The van der Waals surface area contributed by atoms with Crippen molar-refractivity contribution in [3.05, 3.63) is 0 Å². The van der Waals surface area contributed by atoms with E-state index in [1.165, 1.54) is 0 Å². The highest BCUT2D eigenvalue weighted by Gasteiger charge is 2.54. The number of hydrogen-bond acceptors (Lipinski definition) is 10. The van der Waals surface area contributed by atoms with Gasteiger partial charge in [-0.05, 0) is 83.1 Å². The van der Waals surface area contributed by atoms with Gasteiger partial charge in [-0.25, -0.2) is 0 Å². The number of aliphatic hydroxyl groups is 1. The molecule has 1 heterocycles. The van der Waals surface area contributed by atoms with E-state index in [1.54, 1.807) is 83.1 Å². The van der Waals surface area contributed by atoms with Gasteiger partial charge in [0, 0.05) is 0 Å². The lowest BCUT2D eigenvalue weighted by Gasteiger charge is -2.44. The Morgan fingerprint density at radius 3 is 1.28 bits per heavy atom. The standard InChI is InChI=1S/C26H44O10/c1-23(2,3)19(28)32-13-14-15(34-20(29)24(4,5)6)16(35-21(30)25(7,8)9)17(18(27)33-14)36-22(31)26(10,11)12/h14-18,27H,13H2,1-12H3/t14-,15+,16+,17+,18-/m0/s1. The Morgan fingerprint density at radius 1 is 0.583 bits per heavy atom. The van der Waals surface area contributed by atoms with Crippen LogP contribution in [0.25, 0.3) is 0 Å². The predicted octanol–water partition coefficient (Wildman–Crippen LogP) is 3.17. The number of hydrogen-bond donors (Lipinski definition) is 1. The minimum atomic E-state index is -1.75. The molecule has 10 heteroatoms. The van der Waals surface area contributed by atoms with Crippen LogP contribution in [-0.4, -0.2) is 66.3 Å². The van der Waals surface area contributed by atoms with Gasteiger partial charge in [0.15, 0.2) is 24.6 Å². The summed E-state index contributed by atoms with van der Waals surface area (Å²) < 4.78 is 28.0. The molecule has 1 saturated heterocycles. The summed E-state index contributed by atoms with van der Waals surface area (Å²) >= 11 is 0. The first-order chi connectivity index (χ1) is 16.0. The van der Waals surface area contributed by atoms with Crippen molar-refractivity contribution in [3.63, 3.8) is 0 Å². The monoisotopic (exact) mass is 516 g/mol. The number of carbonyl (C=O) groups is 4. The fraction of sp³-hybridized carbons (Fsp3) is 0.846. The Balaban J connectivity index is 3.50. The largest absolute Gasteiger partial charge is 0.462 e. The average Bonchev–Trinajstić information content (AvgIpc) is 2.67. The molecule has 1 aliphatic rings. The Kier molecular flexibility index (Phi) is 9.77. The molecule has 0 saturated carbocycles. The van der Waals surface area contributed by atoms with Gasteiger partial charge in [-0.2, -0.15) is 0 Å². The highest BCUT2D eigenvalue weighted by molar-refractivity contribution is 5.78. The van der Waals surface area contributed by atoms with E-state index in [1.807, 2.05) is 0 Å². The van der Waals surface area contributed by atoms with Gasteiger partial charge in [0.05, 0.1) is 21.7 Å². The molecule has 0 spiro atoms. The molecule has 0 aromatic rings. The van der Waals surface area contributed by atoms with Gasteiger partial charge in [0.2, 0.25) is 0 Å². The Hall–Kier alpha value is -2.20. The van der Waals surface area contributed by atoms with Crippen LogP contribution in [0.2, 0.25) is 0 Å². The maximum atomic E-state index is 12.9. The van der Waals surface area contributed by atoms with E-state index in [2.05, 4.69) is 0 Å². The molecule has 0 aromatic carbocycles. The molecule has 10 nitrogen and oxygen atoms in total. The van der Waals surface area contributed by atoms with Gasteiger partial charge < -0.3 is 28.8 Å². The molecule has 1 rings (SSSR count). The molecular formula is C26H44O10. The maximum Gasteiger partial charge on any atom is 0.311 e. The third-order valence-electron chi connectivity index (χ3n) is 5.17. The maximum absolute atomic E-state index is 12.9. The third-order valence-corrected chi connectivity index (χ3v) is 5.17. The molecule has 0 radical (unpaired) electrons. The normalized spacial score (nSPS) is 25.5. The minimum Gasteiger partial charge on any atom is -0.462 e. The number of rotatable bonds is 5. The fourth-order valence-corrected chi connectivity index (χ4v) is 2.71. The summed E-state index contributed by atoms with van der Waals surface area (Å²) in [6, 6.07) is 0. The average molecular weight is 517 g/mol. The molecule has 5 atom stereocenters. The van der Waals surface area contributed by atoms with Crippen molar-refractivity contribution in [2.75, 3.05) is 6.61 Å². The van der Waals surface area contributed by atoms with Crippen LogP contribution in [0.15, 0.2) is 0 Å². The van der Waals surface area contributed by atoms with Crippen LogP contribution in [-0.2, 0) is 42.9 Å². The van der Waals surface area contributed by atoms with Gasteiger partial charge in [-0.3, -0.25) is 19.2 Å². The van der Waals surface area contributed by atoms with E-state index in [4.69, 9.17) is 23.7 Å².